The van der Waals surface area contributed by atoms with Crippen LogP contribution < -0.4 is 5.73 Å². The first kappa shape index (κ1) is 15.3. The van der Waals surface area contributed by atoms with E-state index in [9.17, 15) is 4.79 Å². The fraction of sp³-hybridized carbons (Fsp3) is 0.929. The van der Waals surface area contributed by atoms with Crippen LogP contribution >= 0.6 is 0 Å². The number of rotatable bonds is 5. The Kier molecular flexibility index (Phi) is 4.65. The Bertz CT molecular complexity index is 291. The Labute approximate surface area is 111 Å². The minimum atomic E-state index is -0.436. The van der Waals surface area contributed by atoms with Gasteiger partial charge >= 0.3 is 6.09 Å². The zero-order chi connectivity index (χ0) is 14.0. The molecular weight excluding hydrogens is 228 g/mol. The molecule has 0 unspecified atom stereocenters. The molecule has 0 aliphatic heterocycles. The Hall–Kier alpha value is -0.770. The molecule has 0 heterocycles. The van der Waals surface area contributed by atoms with Gasteiger partial charge in [0, 0.05) is 12.6 Å². The average Bonchev–Trinajstić information content (AvgIpc) is 2.92. The van der Waals surface area contributed by atoms with Gasteiger partial charge in [-0.25, -0.2) is 4.79 Å². The summed E-state index contributed by atoms with van der Waals surface area (Å²) in [4.78, 5) is 14.0. The van der Waals surface area contributed by atoms with Crippen molar-refractivity contribution in [3.8, 4) is 0 Å². The number of nitrogens with two attached hydrogens (primary N) is 1. The highest BCUT2D eigenvalue weighted by Gasteiger charge is 2.44. The summed E-state index contributed by atoms with van der Waals surface area (Å²) in [6.45, 7) is 11.2. The zero-order valence-corrected chi connectivity index (χ0v) is 12.5. The van der Waals surface area contributed by atoms with Gasteiger partial charge in [-0.3, -0.25) is 0 Å². The maximum absolute atomic E-state index is 12.2. The summed E-state index contributed by atoms with van der Waals surface area (Å²) in [5.41, 5.74) is 5.47. The number of hydrogen-bond acceptors (Lipinski definition) is 3. The molecule has 1 fully saturated rings. The van der Waals surface area contributed by atoms with E-state index in [1.54, 1.807) is 0 Å². The molecule has 2 N–H and O–H groups in total. The van der Waals surface area contributed by atoms with Gasteiger partial charge < -0.3 is 15.4 Å². The summed E-state index contributed by atoms with van der Waals surface area (Å²) >= 11 is 0. The smallest absolute Gasteiger partial charge is 0.410 e. The monoisotopic (exact) mass is 256 g/mol. The molecule has 0 radical (unpaired) electrons. The number of ether oxygens (including phenoxy) is 1. The molecule has 0 aromatic rings. The van der Waals surface area contributed by atoms with Crippen LogP contribution in [0.25, 0.3) is 0 Å². The maximum atomic E-state index is 12.2. The summed E-state index contributed by atoms with van der Waals surface area (Å²) in [6.07, 6.45) is 3.15. The molecule has 1 amide bonds. The molecular formula is C14H28N2O2. The molecule has 18 heavy (non-hydrogen) atoms. The SMILES string of the molecule is CC(C)N(CC1(CCN)CC1)C(=O)OC(C)(C)C. The van der Waals surface area contributed by atoms with Crippen molar-refractivity contribution in [3.63, 3.8) is 0 Å². The number of amides is 1. The molecule has 0 bridgehead atoms. The standard InChI is InChI=1S/C14H28N2O2/c1-11(2)16(12(17)18-13(3,4)5)10-14(6-7-14)8-9-15/h11H,6-10,15H2,1-5H3. The van der Waals surface area contributed by atoms with E-state index in [0.29, 0.717) is 6.54 Å². The van der Waals surface area contributed by atoms with E-state index in [-0.39, 0.29) is 17.6 Å². The molecule has 4 nitrogen and oxygen atoms in total. The summed E-state index contributed by atoms with van der Waals surface area (Å²) < 4.78 is 5.47. The first-order chi connectivity index (χ1) is 8.19. The van der Waals surface area contributed by atoms with Gasteiger partial charge in [-0.2, -0.15) is 0 Å². The van der Waals surface area contributed by atoms with Gasteiger partial charge in [-0.1, -0.05) is 0 Å². The summed E-state index contributed by atoms with van der Waals surface area (Å²) in [6, 6.07) is 0.162. The first-order valence-corrected chi connectivity index (χ1v) is 6.89. The lowest BCUT2D eigenvalue weighted by molar-refractivity contribution is 0.0142. The molecule has 1 aliphatic carbocycles. The highest BCUT2D eigenvalue weighted by atomic mass is 16.6. The fourth-order valence-electron chi connectivity index (χ4n) is 2.11. The molecule has 0 spiro atoms. The van der Waals surface area contributed by atoms with Crippen LogP contribution in [0.5, 0.6) is 0 Å². The summed E-state index contributed by atoms with van der Waals surface area (Å²) in [5.74, 6) is 0. The number of carbonyl (C=O) groups excluding carboxylic acids is 1. The minimum absolute atomic E-state index is 0.162. The van der Waals surface area contributed by atoms with Crippen LogP contribution in [0, 0.1) is 5.41 Å². The highest BCUT2D eigenvalue weighted by Crippen LogP contribution is 2.49. The fourth-order valence-corrected chi connectivity index (χ4v) is 2.11. The second-order valence-electron chi connectivity index (χ2n) is 6.74. The van der Waals surface area contributed by atoms with E-state index < -0.39 is 5.60 Å². The van der Waals surface area contributed by atoms with Crippen LogP contribution in [0.15, 0.2) is 0 Å². The van der Waals surface area contributed by atoms with E-state index in [1.165, 1.54) is 12.8 Å². The van der Waals surface area contributed by atoms with Gasteiger partial charge in [0.05, 0.1) is 0 Å². The van der Waals surface area contributed by atoms with Crippen LogP contribution in [0.4, 0.5) is 4.79 Å². The molecule has 1 aliphatic rings. The Morgan fingerprint density at radius 2 is 1.94 bits per heavy atom. The Balaban J connectivity index is 2.63. The van der Waals surface area contributed by atoms with E-state index >= 15 is 0 Å². The van der Waals surface area contributed by atoms with Gasteiger partial charge in [0.25, 0.3) is 0 Å². The van der Waals surface area contributed by atoms with Crippen LogP contribution in [0.2, 0.25) is 0 Å². The summed E-state index contributed by atoms with van der Waals surface area (Å²) in [7, 11) is 0. The van der Waals surface area contributed by atoms with E-state index in [1.807, 2.05) is 39.5 Å². The second kappa shape index (κ2) is 5.47. The zero-order valence-electron chi connectivity index (χ0n) is 12.5. The lowest BCUT2D eigenvalue weighted by Crippen LogP contribution is -2.44. The van der Waals surface area contributed by atoms with Gasteiger partial charge in [0.2, 0.25) is 0 Å². The maximum Gasteiger partial charge on any atom is 0.410 e. The van der Waals surface area contributed by atoms with E-state index in [4.69, 9.17) is 10.5 Å². The molecule has 1 rings (SSSR count). The predicted molar refractivity (Wildman–Crippen MR) is 73.4 cm³/mol. The van der Waals surface area contributed by atoms with E-state index in [0.717, 1.165) is 13.0 Å². The van der Waals surface area contributed by atoms with Crippen LogP contribution in [0.3, 0.4) is 0 Å². The molecule has 4 heteroatoms. The quantitative estimate of drug-likeness (QED) is 0.823. The Morgan fingerprint density at radius 1 is 1.39 bits per heavy atom. The van der Waals surface area contributed by atoms with Gasteiger partial charge in [-0.15, -0.1) is 0 Å². The van der Waals surface area contributed by atoms with Crippen molar-refractivity contribution in [2.24, 2.45) is 11.1 Å². The van der Waals surface area contributed by atoms with Gasteiger partial charge in [-0.05, 0) is 65.8 Å². The van der Waals surface area contributed by atoms with Crippen molar-refractivity contribution >= 4 is 6.09 Å². The Morgan fingerprint density at radius 3 is 2.28 bits per heavy atom. The molecule has 1 saturated carbocycles. The molecule has 106 valence electrons. The number of nitrogens with zero attached hydrogens (tertiary/aromatic N) is 1. The molecule has 0 atom stereocenters. The van der Waals surface area contributed by atoms with Gasteiger partial charge in [0.15, 0.2) is 0 Å². The van der Waals surface area contributed by atoms with Crippen LogP contribution in [0.1, 0.15) is 53.9 Å². The molecule has 0 aromatic heterocycles. The minimum Gasteiger partial charge on any atom is -0.444 e. The van der Waals surface area contributed by atoms with Crippen LogP contribution in [-0.2, 0) is 4.74 Å². The third-order valence-corrected chi connectivity index (χ3v) is 3.39. The van der Waals surface area contributed by atoms with Crippen molar-refractivity contribution in [2.75, 3.05) is 13.1 Å². The normalized spacial score (nSPS) is 17.7. The first-order valence-electron chi connectivity index (χ1n) is 6.89. The topological polar surface area (TPSA) is 55.6 Å². The molecule has 0 saturated heterocycles. The van der Waals surface area contributed by atoms with Crippen molar-refractivity contribution in [1.82, 2.24) is 4.90 Å². The lowest BCUT2D eigenvalue weighted by atomic mass is 10.0. The third-order valence-electron chi connectivity index (χ3n) is 3.39. The number of carbonyl (C=O) groups is 1. The van der Waals surface area contributed by atoms with Crippen molar-refractivity contribution < 1.29 is 9.53 Å². The van der Waals surface area contributed by atoms with E-state index in [2.05, 4.69) is 0 Å². The van der Waals surface area contributed by atoms with Crippen molar-refractivity contribution in [3.05, 3.63) is 0 Å². The van der Waals surface area contributed by atoms with Crippen molar-refractivity contribution in [2.45, 2.75) is 65.5 Å². The highest BCUT2D eigenvalue weighted by molar-refractivity contribution is 5.68. The predicted octanol–water partition coefficient (Wildman–Crippen LogP) is 2.76. The van der Waals surface area contributed by atoms with Gasteiger partial charge in [0.1, 0.15) is 5.60 Å². The van der Waals surface area contributed by atoms with Crippen LogP contribution in [-0.4, -0.2) is 35.7 Å². The lowest BCUT2D eigenvalue weighted by Gasteiger charge is -2.33. The van der Waals surface area contributed by atoms with Crippen molar-refractivity contribution in [1.29, 1.82) is 0 Å². The third kappa shape index (κ3) is 4.48. The number of hydrogen-bond donors (Lipinski definition) is 1. The summed E-state index contributed by atoms with van der Waals surface area (Å²) in [5, 5.41) is 0. The average molecular weight is 256 g/mol. The second-order valence-corrected chi connectivity index (χ2v) is 6.74. The largest absolute Gasteiger partial charge is 0.444 e. The molecule has 0 aromatic carbocycles.